The summed E-state index contributed by atoms with van der Waals surface area (Å²) in [4.78, 5) is 4.54. The Morgan fingerprint density at radius 1 is 1.35 bits per heavy atom. The van der Waals surface area contributed by atoms with Crippen LogP contribution in [0.25, 0.3) is 0 Å². The van der Waals surface area contributed by atoms with E-state index in [-0.39, 0.29) is 6.04 Å². The van der Waals surface area contributed by atoms with Gasteiger partial charge in [-0.05, 0) is 31.0 Å². The summed E-state index contributed by atoms with van der Waals surface area (Å²) in [5, 5.41) is 4.32. The fourth-order valence-electron chi connectivity index (χ4n) is 2.45. The molecule has 3 nitrogen and oxygen atoms in total. The van der Waals surface area contributed by atoms with Crippen LogP contribution < -0.4 is 5.32 Å². The van der Waals surface area contributed by atoms with Gasteiger partial charge < -0.3 is 9.88 Å². The van der Waals surface area contributed by atoms with Crippen LogP contribution in [0.5, 0.6) is 0 Å². The van der Waals surface area contributed by atoms with Crippen LogP contribution in [0.2, 0.25) is 5.02 Å². The summed E-state index contributed by atoms with van der Waals surface area (Å²) in [6.45, 7) is 8.15. The molecule has 0 saturated carbocycles. The first-order valence-corrected chi connectivity index (χ1v) is 7.56. The van der Waals surface area contributed by atoms with Gasteiger partial charge in [0.2, 0.25) is 0 Å². The summed E-state index contributed by atoms with van der Waals surface area (Å²) in [7, 11) is 0. The predicted octanol–water partition coefficient (Wildman–Crippen LogP) is 3.95. The van der Waals surface area contributed by atoms with Gasteiger partial charge in [-0.15, -0.1) is 0 Å². The van der Waals surface area contributed by atoms with E-state index in [0.29, 0.717) is 0 Å². The maximum atomic E-state index is 6.49. The zero-order valence-corrected chi connectivity index (χ0v) is 13.1. The van der Waals surface area contributed by atoms with E-state index in [4.69, 9.17) is 11.6 Å². The van der Waals surface area contributed by atoms with Gasteiger partial charge in [0, 0.05) is 24.0 Å². The molecule has 0 amide bonds. The number of nitrogens with one attached hydrogen (secondary N) is 1. The van der Waals surface area contributed by atoms with Crippen molar-refractivity contribution < 1.29 is 0 Å². The van der Waals surface area contributed by atoms with Crippen LogP contribution >= 0.6 is 11.6 Å². The molecule has 0 aliphatic rings. The number of aromatic nitrogens is 2. The highest BCUT2D eigenvalue weighted by Crippen LogP contribution is 2.29. The first-order valence-electron chi connectivity index (χ1n) is 7.18. The van der Waals surface area contributed by atoms with Crippen LogP contribution in [0, 0.1) is 6.92 Å². The molecule has 0 saturated heterocycles. The van der Waals surface area contributed by atoms with E-state index in [2.05, 4.69) is 34.8 Å². The van der Waals surface area contributed by atoms with E-state index in [1.807, 2.05) is 31.5 Å². The van der Waals surface area contributed by atoms with Crippen LogP contribution in [-0.2, 0) is 6.54 Å². The molecule has 0 bridgehead atoms. The molecule has 1 aromatic heterocycles. The molecule has 1 N–H and O–H groups in total. The van der Waals surface area contributed by atoms with Gasteiger partial charge in [0.1, 0.15) is 5.82 Å². The van der Waals surface area contributed by atoms with Crippen molar-refractivity contribution in [1.82, 2.24) is 14.9 Å². The minimum absolute atomic E-state index is 0.0361. The zero-order chi connectivity index (χ0) is 14.5. The van der Waals surface area contributed by atoms with Crippen molar-refractivity contribution in [2.24, 2.45) is 0 Å². The number of aryl methyl sites for hydroxylation is 2. The molecular formula is C16H22ClN3. The van der Waals surface area contributed by atoms with E-state index in [1.54, 1.807) is 0 Å². The van der Waals surface area contributed by atoms with Gasteiger partial charge in [0.05, 0.1) is 6.04 Å². The highest BCUT2D eigenvalue weighted by molar-refractivity contribution is 6.32. The Morgan fingerprint density at radius 3 is 2.85 bits per heavy atom. The van der Waals surface area contributed by atoms with E-state index >= 15 is 0 Å². The molecule has 0 aliphatic heterocycles. The second-order valence-electron chi connectivity index (χ2n) is 4.95. The summed E-state index contributed by atoms with van der Waals surface area (Å²) < 4.78 is 2.20. The second-order valence-corrected chi connectivity index (χ2v) is 5.33. The molecular weight excluding hydrogens is 270 g/mol. The van der Waals surface area contributed by atoms with Crippen LogP contribution in [0.3, 0.4) is 0 Å². The van der Waals surface area contributed by atoms with Gasteiger partial charge in [-0.3, -0.25) is 0 Å². The lowest BCUT2D eigenvalue weighted by molar-refractivity contribution is 0.544. The smallest absolute Gasteiger partial charge is 0.130 e. The van der Waals surface area contributed by atoms with Crippen molar-refractivity contribution in [2.75, 3.05) is 6.54 Å². The summed E-state index contributed by atoms with van der Waals surface area (Å²) in [5.41, 5.74) is 2.19. The summed E-state index contributed by atoms with van der Waals surface area (Å²) in [6, 6.07) is 6.20. The summed E-state index contributed by atoms with van der Waals surface area (Å²) in [6.07, 6.45) is 4.98. The molecule has 108 valence electrons. The number of imidazole rings is 1. The molecule has 20 heavy (non-hydrogen) atoms. The van der Waals surface area contributed by atoms with Crippen molar-refractivity contribution in [3.8, 4) is 0 Å². The monoisotopic (exact) mass is 291 g/mol. The van der Waals surface area contributed by atoms with Crippen molar-refractivity contribution in [3.05, 3.63) is 52.6 Å². The Balaban J connectivity index is 2.45. The SMILES string of the molecule is CCCn1ccnc1C(NCC)c1cccc(C)c1Cl. The standard InChI is InChI=1S/C16H22ClN3/c1-4-10-20-11-9-19-16(20)15(18-5-2)13-8-6-7-12(3)14(13)17/h6-9,11,15,18H,4-5,10H2,1-3H3. The molecule has 1 aromatic carbocycles. The molecule has 1 heterocycles. The van der Waals surface area contributed by atoms with Crippen molar-refractivity contribution in [3.63, 3.8) is 0 Å². The molecule has 2 aromatic rings. The largest absolute Gasteiger partial charge is 0.333 e. The van der Waals surface area contributed by atoms with Crippen LogP contribution in [0.4, 0.5) is 0 Å². The third-order valence-electron chi connectivity index (χ3n) is 3.41. The van der Waals surface area contributed by atoms with E-state index in [1.165, 1.54) is 0 Å². The first kappa shape index (κ1) is 15.1. The number of halogens is 1. The molecule has 4 heteroatoms. The Kier molecular flexibility index (Phi) is 5.21. The highest BCUT2D eigenvalue weighted by Gasteiger charge is 2.21. The quantitative estimate of drug-likeness (QED) is 0.873. The normalized spacial score (nSPS) is 12.6. The maximum absolute atomic E-state index is 6.49. The predicted molar refractivity (Wildman–Crippen MR) is 84.2 cm³/mol. The number of nitrogens with zero attached hydrogens (tertiary/aromatic N) is 2. The Labute approximate surface area is 126 Å². The number of rotatable bonds is 6. The third kappa shape index (κ3) is 3.05. The van der Waals surface area contributed by atoms with Crippen LogP contribution in [-0.4, -0.2) is 16.1 Å². The van der Waals surface area contributed by atoms with Gasteiger partial charge in [-0.1, -0.05) is 43.6 Å². The van der Waals surface area contributed by atoms with E-state index in [9.17, 15) is 0 Å². The zero-order valence-electron chi connectivity index (χ0n) is 12.4. The molecule has 1 unspecified atom stereocenters. The minimum atomic E-state index is 0.0361. The fraction of sp³-hybridized carbons (Fsp3) is 0.438. The lowest BCUT2D eigenvalue weighted by Crippen LogP contribution is -2.25. The molecule has 0 radical (unpaired) electrons. The van der Waals surface area contributed by atoms with E-state index < -0.39 is 0 Å². The molecule has 0 spiro atoms. The Morgan fingerprint density at radius 2 is 2.15 bits per heavy atom. The lowest BCUT2D eigenvalue weighted by atomic mass is 10.0. The van der Waals surface area contributed by atoms with E-state index in [0.717, 1.165) is 41.5 Å². The number of hydrogen-bond donors (Lipinski definition) is 1. The highest BCUT2D eigenvalue weighted by atomic mass is 35.5. The van der Waals surface area contributed by atoms with Gasteiger partial charge in [0.25, 0.3) is 0 Å². The number of hydrogen-bond acceptors (Lipinski definition) is 2. The second kappa shape index (κ2) is 6.91. The Hall–Kier alpha value is -1.32. The first-order chi connectivity index (χ1) is 9.69. The molecule has 2 rings (SSSR count). The van der Waals surface area contributed by atoms with Crippen molar-refractivity contribution in [2.45, 2.75) is 39.8 Å². The fourth-order valence-corrected chi connectivity index (χ4v) is 2.68. The average Bonchev–Trinajstić information content (AvgIpc) is 2.88. The summed E-state index contributed by atoms with van der Waals surface area (Å²) in [5.74, 6) is 1.03. The van der Waals surface area contributed by atoms with Crippen LogP contribution in [0.15, 0.2) is 30.6 Å². The van der Waals surface area contributed by atoms with Crippen molar-refractivity contribution >= 4 is 11.6 Å². The van der Waals surface area contributed by atoms with Crippen molar-refractivity contribution in [1.29, 1.82) is 0 Å². The average molecular weight is 292 g/mol. The Bertz CT molecular complexity index is 563. The molecule has 0 aliphatic carbocycles. The molecule has 0 fully saturated rings. The van der Waals surface area contributed by atoms with Crippen LogP contribution in [0.1, 0.15) is 43.3 Å². The lowest BCUT2D eigenvalue weighted by Gasteiger charge is -2.21. The topological polar surface area (TPSA) is 29.9 Å². The minimum Gasteiger partial charge on any atom is -0.333 e. The van der Waals surface area contributed by atoms with Gasteiger partial charge >= 0.3 is 0 Å². The number of benzene rings is 1. The van der Waals surface area contributed by atoms with Gasteiger partial charge in [-0.25, -0.2) is 4.98 Å². The maximum Gasteiger partial charge on any atom is 0.130 e. The molecule has 1 atom stereocenters. The van der Waals surface area contributed by atoms with Gasteiger partial charge in [-0.2, -0.15) is 0 Å². The van der Waals surface area contributed by atoms with Gasteiger partial charge in [0.15, 0.2) is 0 Å². The third-order valence-corrected chi connectivity index (χ3v) is 3.93. The summed E-state index contributed by atoms with van der Waals surface area (Å²) >= 11 is 6.49.